The highest BCUT2D eigenvalue weighted by Crippen LogP contribution is 2.34. The number of nitrogens with one attached hydrogen (secondary N) is 2. The normalized spacial score (nSPS) is 14.2. The largest absolute Gasteiger partial charge is 0.454 e. The maximum absolute atomic E-state index is 12.9. The maximum atomic E-state index is 12.9. The van der Waals surface area contributed by atoms with Gasteiger partial charge in [0.15, 0.2) is 11.5 Å². The predicted octanol–water partition coefficient (Wildman–Crippen LogP) is 2.08. The molecule has 1 heterocycles. The number of rotatable bonds is 7. The molecule has 8 nitrogen and oxygen atoms in total. The van der Waals surface area contributed by atoms with Gasteiger partial charge in [-0.3, -0.25) is 14.4 Å². The lowest BCUT2D eigenvalue weighted by atomic mass is 10.1. The van der Waals surface area contributed by atoms with E-state index in [0.29, 0.717) is 22.7 Å². The number of anilines is 1. The summed E-state index contributed by atoms with van der Waals surface area (Å²) >= 11 is 0. The molecule has 2 N–H and O–H groups in total. The van der Waals surface area contributed by atoms with Gasteiger partial charge < -0.3 is 25.0 Å². The summed E-state index contributed by atoms with van der Waals surface area (Å²) in [5.74, 6) is 0.176. The number of carbonyl (C=O) groups excluding carboxylic acids is 3. The summed E-state index contributed by atoms with van der Waals surface area (Å²) < 4.78 is 10.6. The van der Waals surface area contributed by atoms with Crippen molar-refractivity contribution in [3.63, 3.8) is 0 Å². The fraction of sp³-hybridized carbons (Fsp3) is 0.318. The van der Waals surface area contributed by atoms with Gasteiger partial charge in [-0.15, -0.1) is 0 Å². The third-order valence-electron chi connectivity index (χ3n) is 4.93. The molecule has 2 aromatic rings. The molecule has 1 aliphatic heterocycles. The summed E-state index contributed by atoms with van der Waals surface area (Å²) in [7, 11) is 0. The zero-order chi connectivity index (χ0) is 21.1. The van der Waals surface area contributed by atoms with Gasteiger partial charge >= 0.3 is 0 Å². The Bertz CT molecular complexity index is 986. The van der Waals surface area contributed by atoms with Crippen LogP contribution in [0.15, 0.2) is 42.5 Å². The Labute approximate surface area is 174 Å². The van der Waals surface area contributed by atoms with Gasteiger partial charge in [0.2, 0.25) is 18.6 Å². The quantitative estimate of drug-likeness (QED) is 0.730. The molecule has 0 atom stereocenters. The second-order valence-corrected chi connectivity index (χ2v) is 7.43. The molecule has 1 fully saturated rings. The zero-order valence-electron chi connectivity index (χ0n) is 16.6. The Morgan fingerprint density at radius 3 is 2.60 bits per heavy atom. The molecule has 8 heteroatoms. The fourth-order valence-electron chi connectivity index (χ4n) is 3.27. The van der Waals surface area contributed by atoms with Crippen LogP contribution < -0.4 is 20.1 Å². The minimum atomic E-state index is -0.379. The molecule has 0 radical (unpaired) electrons. The molecule has 156 valence electrons. The van der Waals surface area contributed by atoms with Crippen molar-refractivity contribution in [3.05, 3.63) is 53.6 Å². The van der Waals surface area contributed by atoms with Crippen molar-refractivity contribution < 1.29 is 23.9 Å². The minimum absolute atomic E-state index is 0.0368. The highest BCUT2D eigenvalue weighted by atomic mass is 16.7. The summed E-state index contributed by atoms with van der Waals surface area (Å²) in [6.07, 6.45) is 1.72. The molecule has 0 unspecified atom stereocenters. The second kappa shape index (κ2) is 8.44. The molecule has 3 amide bonds. The van der Waals surface area contributed by atoms with Crippen LogP contribution in [-0.4, -0.2) is 48.5 Å². The topological polar surface area (TPSA) is 97.0 Å². The van der Waals surface area contributed by atoms with Crippen LogP contribution in [-0.2, 0) is 9.59 Å². The lowest BCUT2D eigenvalue weighted by Gasteiger charge is -2.22. The number of nitrogens with zero attached hydrogens (tertiary/aromatic N) is 1. The molecule has 1 saturated carbocycles. The standard InChI is InChI=1S/C22H23N3O5/c1-14-3-2-4-16(9-14)24-20(26)11-23-21(27)12-25(17-6-7-17)22(28)15-5-8-18-19(10-15)30-13-29-18/h2-5,8-10,17H,6-7,11-13H2,1H3,(H,23,27)(H,24,26). The highest BCUT2D eigenvalue weighted by Gasteiger charge is 2.34. The molecular weight excluding hydrogens is 386 g/mol. The van der Waals surface area contributed by atoms with Crippen molar-refractivity contribution in [2.24, 2.45) is 0 Å². The maximum Gasteiger partial charge on any atom is 0.254 e. The Hall–Kier alpha value is -3.55. The van der Waals surface area contributed by atoms with Crippen LogP contribution in [0.4, 0.5) is 5.69 Å². The van der Waals surface area contributed by atoms with E-state index in [0.717, 1.165) is 18.4 Å². The number of ether oxygens (including phenoxy) is 2. The molecule has 0 aromatic heterocycles. The van der Waals surface area contributed by atoms with Gasteiger partial charge in [-0.2, -0.15) is 0 Å². The second-order valence-electron chi connectivity index (χ2n) is 7.43. The van der Waals surface area contributed by atoms with Gasteiger partial charge in [-0.1, -0.05) is 12.1 Å². The molecule has 2 aromatic carbocycles. The van der Waals surface area contributed by atoms with Crippen molar-refractivity contribution in [1.82, 2.24) is 10.2 Å². The molecule has 0 bridgehead atoms. The number of benzene rings is 2. The molecule has 4 rings (SSSR count). The Balaban J connectivity index is 1.32. The van der Waals surface area contributed by atoms with E-state index in [-0.39, 0.29) is 43.6 Å². The Morgan fingerprint density at radius 2 is 1.83 bits per heavy atom. The average molecular weight is 409 g/mol. The summed E-state index contributed by atoms with van der Waals surface area (Å²) in [5.41, 5.74) is 2.14. The van der Waals surface area contributed by atoms with Crippen molar-refractivity contribution in [2.45, 2.75) is 25.8 Å². The number of carbonyl (C=O) groups is 3. The van der Waals surface area contributed by atoms with Gasteiger partial charge in [-0.05, 0) is 55.7 Å². The third-order valence-corrected chi connectivity index (χ3v) is 4.93. The lowest BCUT2D eigenvalue weighted by Crippen LogP contribution is -2.43. The van der Waals surface area contributed by atoms with Gasteiger partial charge in [-0.25, -0.2) is 0 Å². The molecule has 0 saturated heterocycles. The first kappa shape index (κ1) is 19.8. The molecule has 1 aliphatic carbocycles. The van der Waals surface area contributed by atoms with E-state index in [4.69, 9.17) is 9.47 Å². The summed E-state index contributed by atoms with van der Waals surface area (Å²) in [5, 5.41) is 5.33. The van der Waals surface area contributed by atoms with Crippen LogP contribution in [0.2, 0.25) is 0 Å². The van der Waals surface area contributed by atoms with Gasteiger partial charge in [0.25, 0.3) is 5.91 Å². The number of fused-ring (bicyclic) bond motifs is 1. The van der Waals surface area contributed by atoms with Gasteiger partial charge in [0.05, 0.1) is 6.54 Å². The summed E-state index contributed by atoms with van der Waals surface area (Å²) in [6.45, 7) is 1.80. The first-order valence-corrected chi connectivity index (χ1v) is 9.83. The number of amides is 3. The smallest absolute Gasteiger partial charge is 0.254 e. The lowest BCUT2D eigenvalue weighted by molar-refractivity contribution is -0.124. The van der Waals surface area contributed by atoms with Crippen LogP contribution in [0.1, 0.15) is 28.8 Å². The number of hydrogen-bond acceptors (Lipinski definition) is 5. The van der Waals surface area contributed by atoms with E-state index in [9.17, 15) is 14.4 Å². The van der Waals surface area contributed by atoms with Crippen molar-refractivity contribution in [1.29, 1.82) is 0 Å². The van der Waals surface area contributed by atoms with E-state index in [1.54, 1.807) is 29.2 Å². The first-order valence-electron chi connectivity index (χ1n) is 9.83. The SMILES string of the molecule is Cc1cccc(NC(=O)CNC(=O)CN(C(=O)c2ccc3c(c2)OCO3)C2CC2)c1. The summed E-state index contributed by atoms with van der Waals surface area (Å²) in [6, 6.07) is 12.4. The van der Waals surface area contributed by atoms with Crippen LogP contribution >= 0.6 is 0 Å². The van der Waals surface area contributed by atoms with Crippen LogP contribution in [0, 0.1) is 6.92 Å². The zero-order valence-corrected chi connectivity index (χ0v) is 16.6. The van der Waals surface area contributed by atoms with Crippen molar-refractivity contribution in [2.75, 3.05) is 25.2 Å². The van der Waals surface area contributed by atoms with Crippen molar-refractivity contribution in [3.8, 4) is 11.5 Å². The average Bonchev–Trinajstić information content (AvgIpc) is 3.46. The minimum Gasteiger partial charge on any atom is -0.454 e. The van der Waals surface area contributed by atoms with E-state index in [1.807, 2.05) is 25.1 Å². The first-order chi connectivity index (χ1) is 14.5. The van der Waals surface area contributed by atoms with Crippen LogP contribution in [0.5, 0.6) is 11.5 Å². The highest BCUT2D eigenvalue weighted by molar-refractivity contribution is 5.98. The third kappa shape index (κ3) is 4.71. The number of aryl methyl sites for hydroxylation is 1. The monoisotopic (exact) mass is 409 g/mol. The van der Waals surface area contributed by atoms with Gasteiger partial charge in [0, 0.05) is 17.3 Å². The fourth-order valence-corrected chi connectivity index (χ4v) is 3.27. The molecule has 2 aliphatic rings. The molecule has 30 heavy (non-hydrogen) atoms. The number of hydrogen-bond donors (Lipinski definition) is 2. The molecule has 0 spiro atoms. The van der Waals surface area contributed by atoms with E-state index < -0.39 is 0 Å². The predicted molar refractivity (Wildman–Crippen MR) is 109 cm³/mol. The Kier molecular flexibility index (Phi) is 5.56. The van der Waals surface area contributed by atoms with Crippen LogP contribution in [0.25, 0.3) is 0 Å². The van der Waals surface area contributed by atoms with Crippen molar-refractivity contribution >= 4 is 23.4 Å². The van der Waals surface area contributed by atoms with E-state index in [2.05, 4.69) is 10.6 Å². The van der Waals surface area contributed by atoms with Crippen LogP contribution in [0.3, 0.4) is 0 Å². The van der Waals surface area contributed by atoms with E-state index >= 15 is 0 Å². The summed E-state index contributed by atoms with van der Waals surface area (Å²) in [4.78, 5) is 39.0. The molecular formula is C22H23N3O5. The van der Waals surface area contributed by atoms with Gasteiger partial charge in [0.1, 0.15) is 6.54 Å². The van der Waals surface area contributed by atoms with E-state index in [1.165, 1.54) is 0 Å². The Morgan fingerprint density at radius 1 is 1.03 bits per heavy atom.